The fraction of sp³-hybridized carbons (Fsp3) is 0.0625. The van der Waals surface area contributed by atoms with Crippen molar-refractivity contribution in [2.24, 2.45) is 0 Å². The molecule has 19 heavy (non-hydrogen) atoms. The average Bonchev–Trinajstić information content (AvgIpc) is 2.47. The van der Waals surface area contributed by atoms with Crippen molar-refractivity contribution in [3.8, 4) is 17.0 Å². The molecule has 3 aromatic rings. The number of para-hydroxylation sites is 1. The number of fused-ring (bicyclic) bond motifs is 1. The van der Waals surface area contributed by atoms with Crippen molar-refractivity contribution in [3.05, 3.63) is 58.2 Å². The van der Waals surface area contributed by atoms with Gasteiger partial charge in [-0.25, -0.2) is 4.98 Å². The SMILES string of the molecule is COc1ccc(-c2cc(I)c3ccccc3n2)cc1. The minimum atomic E-state index is 0.860. The number of benzene rings is 2. The number of rotatable bonds is 2. The molecule has 0 saturated heterocycles. The summed E-state index contributed by atoms with van der Waals surface area (Å²) < 4.78 is 6.39. The van der Waals surface area contributed by atoms with Gasteiger partial charge in [-0.1, -0.05) is 18.2 Å². The molecule has 0 atom stereocenters. The van der Waals surface area contributed by atoms with Crippen LogP contribution in [0.4, 0.5) is 0 Å². The van der Waals surface area contributed by atoms with Crippen LogP contribution in [-0.2, 0) is 0 Å². The first kappa shape index (κ1) is 12.4. The molecule has 0 fully saturated rings. The van der Waals surface area contributed by atoms with Gasteiger partial charge in [0.05, 0.1) is 18.3 Å². The highest BCUT2D eigenvalue weighted by Crippen LogP contribution is 2.26. The topological polar surface area (TPSA) is 22.1 Å². The zero-order chi connectivity index (χ0) is 13.2. The third kappa shape index (κ3) is 2.42. The summed E-state index contributed by atoms with van der Waals surface area (Å²) in [5, 5.41) is 1.19. The number of aromatic nitrogens is 1. The van der Waals surface area contributed by atoms with Crippen LogP contribution < -0.4 is 4.74 Å². The minimum absolute atomic E-state index is 0.860. The first-order chi connectivity index (χ1) is 9.28. The van der Waals surface area contributed by atoms with E-state index in [0.29, 0.717) is 0 Å². The Morgan fingerprint density at radius 3 is 2.47 bits per heavy atom. The summed E-state index contributed by atoms with van der Waals surface area (Å²) >= 11 is 2.36. The van der Waals surface area contributed by atoms with Crippen molar-refractivity contribution in [2.75, 3.05) is 7.11 Å². The van der Waals surface area contributed by atoms with E-state index in [9.17, 15) is 0 Å². The number of nitrogens with zero attached hydrogens (tertiary/aromatic N) is 1. The second-order valence-corrected chi connectivity index (χ2v) is 5.40. The van der Waals surface area contributed by atoms with Gasteiger partial charge in [0.15, 0.2) is 0 Å². The van der Waals surface area contributed by atoms with E-state index >= 15 is 0 Å². The van der Waals surface area contributed by atoms with E-state index in [1.807, 2.05) is 42.5 Å². The van der Waals surface area contributed by atoms with Crippen LogP contribution in [0.15, 0.2) is 54.6 Å². The van der Waals surface area contributed by atoms with Gasteiger partial charge in [0.25, 0.3) is 0 Å². The number of pyridine rings is 1. The predicted octanol–water partition coefficient (Wildman–Crippen LogP) is 4.52. The average molecular weight is 361 g/mol. The van der Waals surface area contributed by atoms with Crippen LogP contribution in [0.3, 0.4) is 0 Å². The molecule has 3 heteroatoms. The quantitative estimate of drug-likeness (QED) is 0.627. The lowest BCUT2D eigenvalue weighted by Crippen LogP contribution is -1.89. The Morgan fingerprint density at radius 1 is 1.00 bits per heavy atom. The van der Waals surface area contributed by atoms with Crippen molar-refractivity contribution >= 4 is 33.5 Å². The Labute approximate surface area is 125 Å². The maximum atomic E-state index is 5.18. The van der Waals surface area contributed by atoms with Gasteiger partial charge in [-0.15, -0.1) is 0 Å². The molecule has 0 bridgehead atoms. The van der Waals surface area contributed by atoms with Crippen LogP contribution in [0.2, 0.25) is 0 Å². The largest absolute Gasteiger partial charge is 0.497 e. The number of halogens is 1. The molecule has 2 aromatic carbocycles. The number of ether oxygens (including phenoxy) is 1. The van der Waals surface area contributed by atoms with Crippen molar-refractivity contribution in [2.45, 2.75) is 0 Å². The monoisotopic (exact) mass is 361 g/mol. The lowest BCUT2D eigenvalue weighted by Gasteiger charge is -2.06. The van der Waals surface area contributed by atoms with E-state index in [-0.39, 0.29) is 0 Å². The van der Waals surface area contributed by atoms with Crippen molar-refractivity contribution in [1.82, 2.24) is 4.98 Å². The molecule has 0 aliphatic carbocycles. The zero-order valence-corrected chi connectivity index (χ0v) is 12.6. The van der Waals surface area contributed by atoms with E-state index in [2.05, 4.69) is 34.7 Å². The Kier molecular flexibility index (Phi) is 3.38. The van der Waals surface area contributed by atoms with Crippen LogP contribution in [0, 0.1) is 3.57 Å². The fourth-order valence-corrected chi connectivity index (χ4v) is 2.79. The highest BCUT2D eigenvalue weighted by Gasteiger charge is 2.05. The first-order valence-electron chi connectivity index (χ1n) is 5.97. The van der Waals surface area contributed by atoms with Gasteiger partial charge in [-0.05, 0) is 59.0 Å². The van der Waals surface area contributed by atoms with Gasteiger partial charge in [-0.3, -0.25) is 0 Å². The first-order valence-corrected chi connectivity index (χ1v) is 7.05. The Morgan fingerprint density at radius 2 is 1.74 bits per heavy atom. The van der Waals surface area contributed by atoms with E-state index < -0.39 is 0 Å². The van der Waals surface area contributed by atoms with Crippen LogP contribution in [-0.4, -0.2) is 12.1 Å². The molecular weight excluding hydrogens is 349 g/mol. The van der Waals surface area contributed by atoms with Crippen LogP contribution in [0.5, 0.6) is 5.75 Å². The number of hydrogen-bond donors (Lipinski definition) is 0. The van der Waals surface area contributed by atoms with Crippen molar-refractivity contribution in [1.29, 1.82) is 0 Å². The molecule has 0 N–H and O–H groups in total. The lowest BCUT2D eigenvalue weighted by molar-refractivity contribution is 0.415. The van der Waals surface area contributed by atoms with E-state index in [0.717, 1.165) is 22.5 Å². The Balaban J connectivity index is 2.14. The third-order valence-electron chi connectivity index (χ3n) is 3.05. The minimum Gasteiger partial charge on any atom is -0.497 e. The lowest BCUT2D eigenvalue weighted by atomic mass is 10.1. The molecule has 1 heterocycles. The summed E-state index contributed by atoms with van der Waals surface area (Å²) in [6.45, 7) is 0. The predicted molar refractivity (Wildman–Crippen MR) is 86.4 cm³/mol. The molecule has 94 valence electrons. The summed E-state index contributed by atoms with van der Waals surface area (Å²) in [6.07, 6.45) is 0. The van der Waals surface area contributed by atoms with Gasteiger partial charge in [0.2, 0.25) is 0 Å². The molecule has 0 amide bonds. The second kappa shape index (κ2) is 5.17. The summed E-state index contributed by atoms with van der Waals surface area (Å²) in [5.41, 5.74) is 3.12. The summed E-state index contributed by atoms with van der Waals surface area (Å²) in [4.78, 5) is 4.72. The van der Waals surface area contributed by atoms with E-state index in [4.69, 9.17) is 9.72 Å². The summed E-state index contributed by atoms with van der Waals surface area (Å²) in [6, 6.07) is 18.3. The van der Waals surface area contributed by atoms with Crippen molar-refractivity contribution in [3.63, 3.8) is 0 Å². The smallest absolute Gasteiger partial charge is 0.118 e. The fourth-order valence-electron chi connectivity index (χ4n) is 2.04. The highest BCUT2D eigenvalue weighted by molar-refractivity contribution is 14.1. The summed E-state index contributed by atoms with van der Waals surface area (Å²) in [7, 11) is 1.67. The normalized spacial score (nSPS) is 10.6. The second-order valence-electron chi connectivity index (χ2n) is 4.23. The zero-order valence-electron chi connectivity index (χ0n) is 10.4. The van der Waals surface area contributed by atoms with E-state index in [1.165, 1.54) is 8.96 Å². The molecule has 0 spiro atoms. The van der Waals surface area contributed by atoms with E-state index in [1.54, 1.807) is 7.11 Å². The Bertz CT molecular complexity index is 722. The van der Waals surface area contributed by atoms with Crippen LogP contribution in [0.1, 0.15) is 0 Å². The molecule has 0 unspecified atom stereocenters. The molecule has 3 rings (SSSR count). The van der Waals surface area contributed by atoms with Gasteiger partial charge in [0, 0.05) is 14.5 Å². The third-order valence-corrected chi connectivity index (χ3v) is 3.94. The summed E-state index contributed by atoms with van der Waals surface area (Å²) in [5.74, 6) is 0.860. The van der Waals surface area contributed by atoms with Crippen LogP contribution >= 0.6 is 22.6 Å². The van der Waals surface area contributed by atoms with Gasteiger partial charge >= 0.3 is 0 Å². The molecule has 1 aromatic heterocycles. The molecule has 0 aliphatic rings. The molecule has 0 aliphatic heterocycles. The molecule has 0 radical (unpaired) electrons. The maximum absolute atomic E-state index is 5.18. The highest BCUT2D eigenvalue weighted by atomic mass is 127. The standard InChI is InChI=1S/C16H12INO/c1-19-12-8-6-11(7-9-12)16-10-14(17)13-4-2-3-5-15(13)18-16/h2-10H,1H3. The number of methoxy groups -OCH3 is 1. The maximum Gasteiger partial charge on any atom is 0.118 e. The Hall–Kier alpha value is -1.62. The van der Waals surface area contributed by atoms with Crippen molar-refractivity contribution < 1.29 is 4.74 Å². The van der Waals surface area contributed by atoms with Crippen LogP contribution in [0.25, 0.3) is 22.2 Å². The van der Waals surface area contributed by atoms with Gasteiger partial charge < -0.3 is 4.74 Å². The van der Waals surface area contributed by atoms with Gasteiger partial charge in [0.1, 0.15) is 5.75 Å². The van der Waals surface area contributed by atoms with Gasteiger partial charge in [-0.2, -0.15) is 0 Å². The molecular formula is C16H12INO. The number of hydrogen-bond acceptors (Lipinski definition) is 2. The molecule has 2 nitrogen and oxygen atoms in total. The molecule has 0 saturated carbocycles.